The van der Waals surface area contributed by atoms with E-state index in [1.807, 2.05) is 0 Å². The Morgan fingerprint density at radius 2 is 1.25 bits per heavy atom. The summed E-state index contributed by atoms with van der Waals surface area (Å²) in [5, 5.41) is 0. The fourth-order valence-corrected chi connectivity index (χ4v) is 2.83. The van der Waals surface area contributed by atoms with E-state index < -0.39 is 0 Å². The zero-order valence-corrected chi connectivity index (χ0v) is 11.9. The highest BCUT2D eigenvalue weighted by Gasteiger charge is 2.32. The molecule has 0 spiro atoms. The predicted molar refractivity (Wildman–Crippen MR) is 73.8 cm³/mol. The van der Waals surface area contributed by atoms with Gasteiger partial charge in [-0.1, -0.05) is 40.5 Å². The van der Waals surface area contributed by atoms with Gasteiger partial charge in [0.2, 0.25) is 0 Å². The molecular formula is C14H32N2. The lowest BCUT2D eigenvalue weighted by Gasteiger charge is -2.44. The third kappa shape index (κ3) is 4.42. The monoisotopic (exact) mass is 228 g/mol. The number of nitrogens with two attached hydrogens (primary N) is 1. The van der Waals surface area contributed by atoms with Gasteiger partial charge in [-0.15, -0.1) is 0 Å². The third-order valence-corrected chi connectivity index (χ3v) is 3.47. The highest BCUT2D eigenvalue weighted by molar-refractivity contribution is 4.91. The Morgan fingerprint density at radius 1 is 0.812 bits per heavy atom. The Bertz CT molecular complexity index is 145. The lowest BCUT2D eigenvalue weighted by molar-refractivity contribution is 0.0740. The molecule has 0 atom stereocenters. The van der Waals surface area contributed by atoms with Crippen LogP contribution < -0.4 is 5.73 Å². The Labute approximate surface area is 103 Å². The van der Waals surface area contributed by atoms with Crippen molar-refractivity contribution in [3.05, 3.63) is 0 Å². The molecule has 0 rings (SSSR count). The third-order valence-electron chi connectivity index (χ3n) is 3.47. The molecule has 0 bridgehead atoms. The van der Waals surface area contributed by atoms with Crippen LogP contribution in [-0.4, -0.2) is 30.1 Å². The molecule has 0 saturated carbocycles. The minimum Gasteiger partial charge on any atom is -0.329 e. The van der Waals surface area contributed by atoms with E-state index in [1.165, 1.54) is 51.6 Å². The molecule has 98 valence electrons. The normalized spacial score (nSPS) is 12.4. The van der Waals surface area contributed by atoms with E-state index >= 15 is 0 Å². The van der Waals surface area contributed by atoms with Crippen LogP contribution in [0.2, 0.25) is 0 Å². The highest BCUT2D eigenvalue weighted by atomic mass is 15.2. The van der Waals surface area contributed by atoms with Crippen molar-refractivity contribution in [1.29, 1.82) is 0 Å². The lowest BCUT2D eigenvalue weighted by Crippen LogP contribution is -2.54. The van der Waals surface area contributed by atoms with Crippen molar-refractivity contribution in [2.75, 3.05) is 19.6 Å². The minimum atomic E-state index is 0.273. The highest BCUT2D eigenvalue weighted by Crippen LogP contribution is 2.27. The molecule has 2 heteroatoms. The number of nitrogens with zero attached hydrogens (tertiary/aromatic N) is 1. The molecule has 0 aromatic heterocycles. The fraction of sp³-hybridized carbons (Fsp3) is 1.00. The molecule has 2 N–H and O–H groups in total. The molecule has 0 saturated heterocycles. The Kier molecular flexibility index (Phi) is 8.96. The van der Waals surface area contributed by atoms with E-state index in [2.05, 4.69) is 32.6 Å². The first-order chi connectivity index (χ1) is 7.70. The van der Waals surface area contributed by atoms with E-state index in [4.69, 9.17) is 5.73 Å². The second kappa shape index (κ2) is 9.00. The van der Waals surface area contributed by atoms with Crippen LogP contribution in [0.5, 0.6) is 0 Å². The summed E-state index contributed by atoms with van der Waals surface area (Å²) >= 11 is 0. The maximum atomic E-state index is 6.10. The van der Waals surface area contributed by atoms with Crippen molar-refractivity contribution in [1.82, 2.24) is 4.90 Å². The summed E-state index contributed by atoms with van der Waals surface area (Å²) in [5.74, 6) is 0. The standard InChI is InChI=1S/C14H32N2/c1-5-9-14(13-15,10-6-2)16(11-7-3)12-8-4/h5-13,15H2,1-4H3. The van der Waals surface area contributed by atoms with Crippen LogP contribution in [0.4, 0.5) is 0 Å². The van der Waals surface area contributed by atoms with Gasteiger partial charge in [0.15, 0.2) is 0 Å². The van der Waals surface area contributed by atoms with E-state index in [1.54, 1.807) is 0 Å². The molecule has 2 nitrogen and oxygen atoms in total. The zero-order valence-electron chi connectivity index (χ0n) is 11.9. The molecule has 0 fully saturated rings. The Morgan fingerprint density at radius 3 is 1.50 bits per heavy atom. The molecule has 0 aromatic carbocycles. The van der Waals surface area contributed by atoms with Gasteiger partial charge in [0.05, 0.1) is 0 Å². The number of hydrogen-bond acceptors (Lipinski definition) is 2. The molecule has 0 amide bonds. The Hall–Kier alpha value is -0.0800. The summed E-state index contributed by atoms with van der Waals surface area (Å²) in [6.07, 6.45) is 7.43. The maximum absolute atomic E-state index is 6.10. The van der Waals surface area contributed by atoms with Crippen LogP contribution in [0.15, 0.2) is 0 Å². The van der Waals surface area contributed by atoms with E-state index in [0.717, 1.165) is 6.54 Å². The molecule has 0 heterocycles. The summed E-state index contributed by atoms with van der Waals surface area (Å²) in [6, 6.07) is 0. The van der Waals surface area contributed by atoms with Gasteiger partial charge in [-0.25, -0.2) is 0 Å². The van der Waals surface area contributed by atoms with Gasteiger partial charge >= 0.3 is 0 Å². The molecule has 0 aromatic rings. The summed E-state index contributed by atoms with van der Waals surface area (Å²) in [5.41, 5.74) is 6.37. The van der Waals surface area contributed by atoms with Crippen molar-refractivity contribution in [3.63, 3.8) is 0 Å². The lowest BCUT2D eigenvalue weighted by atomic mass is 9.86. The van der Waals surface area contributed by atoms with Crippen molar-refractivity contribution in [2.45, 2.75) is 71.8 Å². The van der Waals surface area contributed by atoms with E-state index in [9.17, 15) is 0 Å². The van der Waals surface area contributed by atoms with Crippen LogP contribution in [-0.2, 0) is 0 Å². The van der Waals surface area contributed by atoms with Gasteiger partial charge in [-0.2, -0.15) is 0 Å². The maximum Gasteiger partial charge on any atom is 0.0331 e. The average Bonchev–Trinajstić information content (AvgIpc) is 2.28. The largest absolute Gasteiger partial charge is 0.329 e. The Balaban J connectivity index is 4.73. The van der Waals surface area contributed by atoms with E-state index in [-0.39, 0.29) is 5.54 Å². The molecule has 0 unspecified atom stereocenters. The van der Waals surface area contributed by atoms with Crippen molar-refractivity contribution < 1.29 is 0 Å². The zero-order chi connectivity index (χ0) is 12.4. The van der Waals surface area contributed by atoms with Gasteiger partial charge in [-0.3, -0.25) is 4.90 Å². The molecule has 0 aliphatic heterocycles. The molecule has 0 radical (unpaired) electrons. The second-order valence-corrected chi connectivity index (χ2v) is 4.92. The molecule has 0 aliphatic carbocycles. The van der Waals surface area contributed by atoms with Crippen LogP contribution in [0.25, 0.3) is 0 Å². The van der Waals surface area contributed by atoms with Gasteiger partial charge in [0, 0.05) is 12.1 Å². The summed E-state index contributed by atoms with van der Waals surface area (Å²) in [7, 11) is 0. The first-order valence-electron chi connectivity index (χ1n) is 7.15. The van der Waals surface area contributed by atoms with Gasteiger partial charge < -0.3 is 5.73 Å². The first-order valence-corrected chi connectivity index (χ1v) is 7.15. The number of rotatable bonds is 10. The van der Waals surface area contributed by atoms with Crippen LogP contribution in [0, 0.1) is 0 Å². The van der Waals surface area contributed by atoms with Crippen molar-refractivity contribution in [2.24, 2.45) is 5.73 Å². The van der Waals surface area contributed by atoms with Crippen LogP contribution in [0.1, 0.15) is 66.2 Å². The van der Waals surface area contributed by atoms with Gasteiger partial charge in [0.25, 0.3) is 0 Å². The van der Waals surface area contributed by atoms with Gasteiger partial charge in [-0.05, 0) is 38.8 Å². The SMILES string of the molecule is CCCN(CCC)C(CN)(CCC)CCC. The average molecular weight is 228 g/mol. The summed E-state index contributed by atoms with van der Waals surface area (Å²) in [6.45, 7) is 12.3. The number of hydrogen-bond donors (Lipinski definition) is 1. The van der Waals surface area contributed by atoms with E-state index in [0.29, 0.717) is 0 Å². The topological polar surface area (TPSA) is 29.3 Å². The minimum absolute atomic E-state index is 0.273. The smallest absolute Gasteiger partial charge is 0.0331 e. The van der Waals surface area contributed by atoms with Crippen LogP contribution >= 0.6 is 0 Å². The summed E-state index contributed by atoms with van der Waals surface area (Å²) in [4.78, 5) is 2.65. The van der Waals surface area contributed by atoms with Crippen LogP contribution in [0.3, 0.4) is 0 Å². The fourth-order valence-electron chi connectivity index (χ4n) is 2.83. The first kappa shape index (κ1) is 15.9. The predicted octanol–water partition coefficient (Wildman–Crippen LogP) is 3.41. The van der Waals surface area contributed by atoms with Crippen molar-refractivity contribution >= 4 is 0 Å². The van der Waals surface area contributed by atoms with Gasteiger partial charge in [0.1, 0.15) is 0 Å². The second-order valence-electron chi connectivity index (χ2n) is 4.92. The molecule has 0 aliphatic rings. The quantitative estimate of drug-likeness (QED) is 0.621. The summed E-state index contributed by atoms with van der Waals surface area (Å²) < 4.78 is 0. The molecule has 16 heavy (non-hydrogen) atoms. The molecular weight excluding hydrogens is 196 g/mol. The van der Waals surface area contributed by atoms with Crippen molar-refractivity contribution in [3.8, 4) is 0 Å².